The molecule has 152 valence electrons. The lowest BCUT2D eigenvalue weighted by Gasteiger charge is -2.26. The Balaban J connectivity index is 1.42. The van der Waals surface area contributed by atoms with E-state index >= 15 is 0 Å². The van der Waals surface area contributed by atoms with Crippen LogP contribution in [-0.2, 0) is 11.3 Å². The van der Waals surface area contributed by atoms with Crippen molar-refractivity contribution in [3.8, 4) is 28.3 Å². The fourth-order valence-corrected chi connectivity index (χ4v) is 3.84. The molecule has 1 saturated heterocycles. The summed E-state index contributed by atoms with van der Waals surface area (Å²) in [5, 5.41) is 0. The first-order valence-electron chi connectivity index (χ1n) is 10.2. The minimum Gasteiger partial charge on any atom is -0.497 e. The van der Waals surface area contributed by atoms with Crippen molar-refractivity contribution in [1.29, 1.82) is 0 Å². The molecule has 0 bridgehead atoms. The number of pyridine rings is 1. The third-order valence-electron chi connectivity index (χ3n) is 5.53. The number of H-pyrrole nitrogens is 1. The Kier molecular flexibility index (Phi) is 5.17. The van der Waals surface area contributed by atoms with E-state index in [-0.39, 0.29) is 0 Å². The topological polar surface area (TPSA) is 63.3 Å². The number of fused-ring (bicyclic) bond motifs is 1. The number of nitrogens with zero attached hydrogens (tertiary/aromatic N) is 3. The summed E-state index contributed by atoms with van der Waals surface area (Å²) in [6, 6.07) is 18.6. The van der Waals surface area contributed by atoms with Crippen LogP contribution in [0.2, 0.25) is 0 Å². The van der Waals surface area contributed by atoms with Gasteiger partial charge in [-0.3, -0.25) is 4.90 Å². The van der Waals surface area contributed by atoms with Gasteiger partial charge in [-0.05, 0) is 29.3 Å². The highest BCUT2D eigenvalue weighted by atomic mass is 16.5. The summed E-state index contributed by atoms with van der Waals surface area (Å²) in [5.41, 5.74) is 6.18. The standard InChI is InChI=1S/C24H24N4O2/c1-29-20-8-6-18(7-9-20)21-10-11-25-24-22(21)26-23(27-24)19-4-2-17(3-5-19)16-28-12-14-30-15-13-28/h2-11H,12-16H2,1H3,(H,25,26,27). The van der Waals surface area contributed by atoms with Gasteiger partial charge in [0.2, 0.25) is 0 Å². The van der Waals surface area contributed by atoms with Crippen LogP contribution in [0.4, 0.5) is 0 Å². The summed E-state index contributed by atoms with van der Waals surface area (Å²) >= 11 is 0. The molecular formula is C24H24N4O2. The quantitative estimate of drug-likeness (QED) is 0.546. The zero-order valence-corrected chi connectivity index (χ0v) is 17.0. The van der Waals surface area contributed by atoms with Crippen molar-refractivity contribution >= 4 is 11.2 Å². The summed E-state index contributed by atoms with van der Waals surface area (Å²) in [4.78, 5) is 15.1. The molecule has 3 heterocycles. The average molecular weight is 400 g/mol. The van der Waals surface area contributed by atoms with Crippen LogP contribution in [-0.4, -0.2) is 53.3 Å². The first-order valence-corrected chi connectivity index (χ1v) is 10.2. The van der Waals surface area contributed by atoms with Gasteiger partial charge in [0.1, 0.15) is 11.6 Å². The second kappa shape index (κ2) is 8.26. The van der Waals surface area contributed by atoms with Crippen LogP contribution in [0.5, 0.6) is 5.75 Å². The predicted octanol–water partition coefficient (Wildman–Crippen LogP) is 4.13. The SMILES string of the molecule is COc1ccc(-c2ccnc3nc(-c4ccc(CN5CCOCC5)cc4)[nH]c23)cc1. The lowest BCUT2D eigenvalue weighted by molar-refractivity contribution is 0.0342. The molecule has 2 aromatic heterocycles. The van der Waals surface area contributed by atoms with Crippen LogP contribution < -0.4 is 4.74 Å². The Morgan fingerprint density at radius 3 is 2.43 bits per heavy atom. The van der Waals surface area contributed by atoms with Gasteiger partial charge in [-0.1, -0.05) is 36.4 Å². The van der Waals surface area contributed by atoms with Crippen molar-refractivity contribution in [3.05, 3.63) is 66.4 Å². The lowest BCUT2D eigenvalue weighted by atomic mass is 10.1. The van der Waals surface area contributed by atoms with E-state index in [1.54, 1.807) is 13.3 Å². The number of ether oxygens (including phenoxy) is 2. The van der Waals surface area contributed by atoms with Crippen LogP contribution in [0.15, 0.2) is 60.8 Å². The van der Waals surface area contributed by atoms with E-state index in [1.165, 1.54) is 5.56 Å². The van der Waals surface area contributed by atoms with Crippen molar-refractivity contribution in [1.82, 2.24) is 19.9 Å². The fraction of sp³-hybridized carbons (Fsp3) is 0.250. The number of benzene rings is 2. The van der Waals surface area contributed by atoms with Crippen molar-refractivity contribution < 1.29 is 9.47 Å². The molecule has 0 aliphatic carbocycles. The molecule has 0 spiro atoms. The maximum atomic E-state index is 5.43. The normalized spacial score (nSPS) is 14.8. The average Bonchev–Trinajstić information content (AvgIpc) is 3.25. The van der Waals surface area contributed by atoms with Gasteiger partial charge in [0.05, 0.1) is 25.8 Å². The Morgan fingerprint density at radius 1 is 0.967 bits per heavy atom. The molecule has 6 heteroatoms. The van der Waals surface area contributed by atoms with E-state index in [0.717, 1.165) is 72.3 Å². The van der Waals surface area contributed by atoms with Gasteiger partial charge in [0.25, 0.3) is 0 Å². The van der Waals surface area contributed by atoms with Gasteiger partial charge in [0.15, 0.2) is 5.65 Å². The first-order chi connectivity index (χ1) is 14.8. The Labute approximate surface area is 175 Å². The molecule has 0 radical (unpaired) electrons. The van der Waals surface area contributed by atoms with E-state index in [0.29, 0.717) is 0 Å². The number of hydrogen-bond donors (Lipinski definition) is 1. The van der Waals surface area contributed by atoms with Crippen molar-refractivity contribution in [3.63, 3.8) is 0 Å². The third-order valence-corrected chi connectivity index (χ3v) is 5.53. The predicted molar refractivity (Wildman–Crippen MR) is 117 cm³/mol. The minimum atomic E-state index is 0.718. The zero-order valence-electron chi connectivity index (χ0n) is 17.0. The van der Waals surface area contributed by atoms with Gasteiger partial charge < -0.3 is 14.5 Å². The van der Waals surface area contributed by atoms with Gasteiger partial charge in [-0.2, -0.15) is 0 Å². The molecular weight excluding hydrogens is 376 g/mol. The molecule has 30 heavy (non-hydrogen) atoms. The van der Waals surface area contributed by atoms with Gasteiger partial charge >= 0.3 is 0 Å². The molecule has 1 fully saturated rings. The van der Waals surface area contributed by atoms with E-state index in [2.05, 4.69) is 51.3 Å². The highest BCUT2D eigenvalue weighted by Gasteiger charge is 2.13. The van der Waals surface area contributed by atoms with Crippen LogP contribution >= 0.6 is 0 Å². The Bertz CT molecular complexity index is 1130. The van der Waals surface area contributed by atoms with Crippen molar-refractivity contribution in [2.24, 2.45) is 0 Å². The number of aromatic amines is 1. The molecule has 1 aliphatic rings. The molecule has 2 aromatic carbocycles. The number of imidazole rings is 1. The van der Waals surface area contributed by atoms with E-state index in [4.69, 9.17) is 14.5 Å². The summed E-state index contributed by atoms with van der Waals surface area (Å²) in [6.07, 6.45) is 1.80. The Hall–Kier alpha value is -3.22. The molecule has 0 saturated carbocycles. The van der Waals surface area contributed by atoms with E-state index in [1.807, 2.05) is 18.2 Å². The zero-order chi connectivity index (χ0) is 20.3. The maximum Gasteiger partial charge on any atom is 0.178 e. The maximum absolute atomic E-state index is 5.43. The van der Waals surface area contributed by atoms with Crippen molar-refractivity contribution in [2.75, 3.05) is 33.4 Å². The van der Waals surface area contributed by atoms with Gasteiger partial charge in [0, 0.05) is 37.0 Å². The molecule has 1 N–H and O–H groups in total. The summed E-state index contributed by atoms with van der Waals surface area (Å²) in [5.74, 6) is 1.67. The highest BCUT2D eigenvalue weighted by Crippen LogP contribution is 2.29. The fourth-order valence-electron chi connectivity index (χ4n) is 3.84. The van der Waals surface area contributed by atoms with Crippen LogP contribution in [0.3, 0.4) is 0 Å². The monoisotopic (exact) mass is 400 g/mol. The molecule has 4 aromatic rings. The number of rotatable bonds is 5. The van der Waals surface area contributed by atoms with Crippen LogP contribution in [0.1, 0.15) is 5.56 Å². The largest absolute Gasteiger partial charge is 0.497 e. The summed E-state index contributed by atoms with van der Waals surface area (Å²) in [6.45, 7) is 4.57. The third kappa shape index (κ3) is 3.79. The van der Waals surface area contributed by atoms with Crippen molar-refractivity contribution in [2.45, 2.75) is 6.54 Å². The van der Waals surface area contributed by atoms with Crippen LogP contribution in [0.25, 0.3) is 33.7 Å². The number of nitrogens with one attached hydrogen (secondary N) is 1. The number of morpholine rings is 1. The molecule has 1 aliphatic heterocycles. The second-order valence-corrected chi connectivity index (χ2v) is 7.46. The molecule has 5 rings (SSSR count). The number of methoxy groups -OCH3 is 1. The van der Waals surface area contributed by atoms with E-state index < -0.39 is 0 Å². The first kappa shape index (κ1) is 18.8. The summed E-state index contributed by atoms with van der Waals surface area (Å²) in [7, 11) is 1.67. The molecule has 0 atom stereocenters. The molecule has 6 nitrogen and oxygen atoms in total. The highest BCUT2D eigenvalue weighted by molar-refractivity contribution is 5.91. The van der Waals surface area contributed by atoms with Gasteiger partial charge in [-0.15, -0.1) is 0 Å². The molecule has 0 amide bonds. The molecule has 0 unspecified atom stereocenters. The van der Waals surface area contributed by atoms with Crippen LogP contribution in [0, 0.1) is 0 Å². The smallest absolute Gasteiger partial charge is 0.178 e. The van der Waals surface area contributed by atoms with Gasteiger partial charge in [-0.25, -0.2) is 9.97 Å². The summed E-state index contributed by atoms with van der Waals surface area (Å²) < 4.78 is 10.7. The number of hydrogen-bond acceptors (Lipinski definition) is 5. The number of aromatic nitrogens is 3. The minimum absolute atomic E-state index is 0.718. The lowest BCUT2D eigenvalue weighted by Crippen LogP contribution is -2.35. The second-order valence-electron chi connectivity index (χ2n) is 7.46. The van der Waals surface area contributed by atoms with E-state index in [9.17, 15) is 0 Å². The Morgan fingerprint density at radius 2 is 1.70 bits per heavy atom.